The Hall–Kier alpha value is -0.550. The summed E-state index contributed by atoms with van der Waals surface area (Å²) in [7, 11) is 1.82. The molecule has 0 unspecified atom stereocenters. The first-order valence-electron chi connectivity index (χ1n) is 5.70. The second-order valence-electron chi connectivity index (χ2n) is 4.54. The molecule has 0 bridgehead atoms. The van der Waals surface area contributed by atoms with Crippen molar-refractivity contribution in [2.24, 2.45) is 7.05 Å². The molecule has 2 rings (SSSR count). The molecule has 1 fully saturated rings. The maximum atomic E-state index is 11.3. The molecular weight excluding hydrogens is 305 g/mol. The summed E-state index contributed by atoms with van der Waals surface area (Å²) in [6, 6.07) is 0. The van der Waals surface area contributed by atoms with Gasteiger partial charge in [0.05, 0.1) is 5.54 Å². The Labute approximate surface area is 114 Å². The third-order valence-electron chi connectivity index (χ3n) is 3.31. The number of aromatic nitrogens is 2. The number of hydrogen-bond donors (Lipinski definition) is 1. The van der Waals surface area contributed by atoms with E-state index in [2.05, 4.69) is 26.2 Å². The molecule has 0 aromatic carbocycles. The maximum Gasteiger partial charge on any atom is 0.205 e. The highest BCUT2D eigenvalue weighted by molar-refractivity contribution is 9.10. The minimum absolute atomic E-state index is 0.399. The number of halogens is 2. The summed E-state index contributed by atoms with van der Waals surface area (Å²) in [4.78, 5) is 15.6. The van der Waals surface area contributed by atoms with Crippen LogP contribution in [0.3, 0.4) is 0 Å². The fourth-order valence-electron chi connectivity index (χ4n) is 2.22. The van der Waals surface area contributed by atoms with Gasteiger partial charge in [0, 0.05) is 7.05 Å². The van der Waals surface area contributed by atoms with E-state index in [1.807, 2.05) is 7.05 Å². The molecule has 0 spiro atoms. The zero-order chi connectivity index (χ0) is 12.5. The average molecular weight is 321 g/mol. The lowest BCUT2D eigenvalue weighted by Gasteiger charge is -2.33. The lowest BCUT2D eigenvalue weighted by molar-refractivity contribution is -0.112. The van der Waals surface area contributed by atoms with Gasteiger partial charge < -0.3 is 14.7 Å². The number of imidazole rings is 1. The van der Waals surface area contributed by atoms with Gasteiger partial charge in [0.1, 0.15) is 10.9 Å². The summed E-state index contributed by atoms with van der Waals surface area (Å²) in [5, 5.41) is 3.64. The normalized spacial score (nSPS) is 19.0. The van der Waals surface area contributed by atoms with E-state index in [-0.39, 0.29) is 0 Å². The van der Waals surface area contributed by atoms with Gasteiger partial charge in [0.2, 0.25) is 5.28 Å². The van der Waals surface area contributed by atoms with Crippen LogP contribution in [0.25, 0.3) is 0 Å². The quantitative estimate of drug-likeness (QED) is 0.870. The van der Waals surface area contributed by atoms with E-state index >= 15 is 0 Å². The van der Waals surface area contributed by atoms with Gasteiger partial charge in [-0.05, 0) is 40.4 Å². The van der Waals surface area contributed by atoms with Crippen LogP contribution in [0.1, 0.15) is 32.1 Å². The molecule has 1 aromatic heterocycles. The van der Waals surface area contributed by atoms with Crippen molar-refractivity contribution >= 4 is 39.6 Å². The van der Waals surface area contributed by atoms with Crippen molar-refractivity contribution in [2.45, 2.75) is 37.6 Å². The summed E-state index contributed by atoms with van der Waals surface area (Å²) >= 11 is 9.35. The number of nitrogens with one attached hydrogen (secondary N) is 1. The van der Waals surface area contributed by atoms with Gasteiger partial charge in [-0.2, -0.15) is 4.98 Å². The van der Waals surface area contributed by atoms with Gasteiger partial charge in [-0.1, -0.05) is 19.3 Å². The van der Waals surface area contributed by atoms with Crippen molar-refractivity contribution in [3.63, 3.8) is 0 Å². The summed E-state index contributed by atoms with van der Waals surface area (Å²) in [6.45, 7) is 0. The molecule has 1 heterocycles. The molecule has 4 nitrogen and oxygen atoms in total. The first-order chi connectivity index (χ1) is 8.08. The molecule has 1 saturated carbocycles. The van der Waals surface area contributed by atoms with Crippen molar-refractivity contribution in [2.75, 3.05) is 5.32 Å². The molecule has 0 radical (unpaired) electrons. The first-order valence-corrected chi connectivity index (χ1v) is 6.87. The number of aldehydes is 1. The predicted octanol–water partition coefficient (Wildman–Crippen LogP) is 3.15. The molecule has 6 heteroatoms. The molecule has 1 N–H and O–H groups in total. The highest BCUT2D eigenvalue weighted by Crippen LogP contribution is 2.33. The number of hydrogen-bond acceptors (Lipinski definition) is 3. The highest BCUT2D eigenvalue weighted by Gasteiger charge is 2.33. The SMILES string of the molecule is Cn1c(Cl)nc(NC2(C=O)CCCCC2)c1Br. The molecule has 17 heavy (non-hydrogen) atoms. The van der Waals surface area contributed by atoms with Crippen LogP contribution in [-0.2, 0) is 11.8 Å². The third kappa shape index (κ3) is 2.50. The Morgan fingerprint density at radius 1 is 1.47 bits per heavy atom. The van der Waals surface area contributed by atoms with Gasteiger partial charge >= 0.3 is 0 Å². The lowest BCUT2D eigenvalue weighted by Crippen LogP contribution is -2.42. The van der Waals surface area contributed by atoms with E-state index in [9.17, 15) is 4.79 Å². The Morgan fingerprint density at radius 3 is 2.59 bits per heavy atom. The van der Waals surface area contributed by atoms with E-state index in [0.29, 0.717) is 11.1 Å². The van der Waals surface area contributed by atoms with Crippen LogP contribution in [-0.4, -0.2) is 21.4 Å². The molecule has 94 valence electrons. The minimum Gasteiger partial charge on any atom is -0.356 e. The van der Waals surface area contributed by atoms with Crippen LogP contribution in [0.4, 0.5) is 5.82 Å². The Bertz CT molecular complexity index is 427. The highest BCUT2D eigenvalue weighted by atomic mass is 79.9. The Morgan fingerprint density at radius 2 is 2.12 bits per heavy atom. The lowest BCUT2D eigenvalue weighted by atomic mass is 9.83. The third-order valence-corrected chi connectivity index (χ3v) is 4.56. The number of rotatable bonds is 3. The van der Waals surface area contributed by atoms with Crippen molar-refractivity contribution in [1.29, 1.82) is 0 Å². The predicted molar refractivity (Wildman–Crippen MR) is 71.4 cm³/mol. The topological polar surface area (TPSA) is 46.9 Å². The Kier molecular flexibility index (Phi) is 3.78. The van der Waals surface area contributed by atoms with Crippen LogP contribution >= 0.6 is 27.5 Å². The number of anilines is 1. The van der Waals surface area contributed by atoms with Crippen LogP contribution in [0.5, 0.6) is 0 Å². The van der Waals surface area contributed by atoms with Crippen molar-refractivity contribution < 1.29 is 4.79 Å². The minimum atomic E-state index is -0.474. The molecule has 0 amide bonds. The zero-order valence-corrected chi connectivity index (χ0v) is 12.0. The molecule has 1 aliphatic rings. The van der Waals surface area contributed by atoms with Crippen molar-refractivity contribution in [1.82, 2.24) is 9.55 Å². The monoisotopic (exact) mass is 319 g/mol. The molecule has 0 aliphatic heterocycles. The van der Waals surface area contributed by atoms with E-state index in [4.69, 9.17) is 11.6 Å². The maximum absolute atomic E-state index is 11.3. The first kappa shape index (κ1) is 12.9. The van der Waals surface area contributed by atoms with Crippen molar-refractivity contribution in [3.05, 3.63) is 9.89 Å². The van der Waals surface area contributed by atoms with E-state index < -0.39 is 5.54 Å². The standard InChI is InChI=1S/C11H15BrClN3O/c1-16-8(12)9(14-10(16)13)15-11(7-17)5-3-2-4-6-11/h7,15H,2-6H2,1H3. The van der Waals surface area contributed by atoms with E-state index in [1.54, 1.807) is 4.57 Å². The second kappa shape index (κ2) is 4.98. The number of carbonyl (C=O) groups excluding carboxylic acids is 1. The summed E-state index contributed by atoms with van der Waals surface area (Å²) in [5.41, 5.74) is -0.474. The van der Waals surface area contributed by atoms with E-state index in [1.165, 1.54) is 6.42 Å². The Balaban J connectivity index is 2.23. The summed E-state index contributed by atoms with van der Waals surface area (Å²) in [5.74, 6) is 0.645. The fourth-order valence-corrected chi connectivity index (χ4v) is 2.85. The van der Waals surface area contributed by atoms with Gasteiger partial charge in [-0.15, -0.1) is 0 Å². The number of nitrogens with zero attached hydrogens (tertiary/aromatic N) is 2. The molecule has 1 aliphatic carbocycles. The van der Waals surface area contributed by atoms with Crippen LogP contribution in [0.15, 0.2) is 4.60 Å². The average Bonchev–Trinajstić information content (AvgIpc) is 2.58. The van der Waals surface area contributed by atoms with Gasteiger partial charge in [-0.25, -0.2) is 0 Å². The zero-order valence-electron chi connectivity index (χ0n) is 9.67. The van der Waals surface area contributed by atoms with Crippen LogP contribution in [0, 0.1) is 0 Å². The van der Waals surface area contributed by atoms with Gasteiger partial charge in [0.25, 0.3) is 0 Å². The van der Waals surface area contributed by atoms with E-state index in [0.717, 1.165) is 36.6 Å². The molecule has 1 aromatic rings. The molecule has 0 saturated heterocycles. The smallest absolute Gasteiger partial charge is 0.205 e. The van der Waals surface area contributed by atoms with Crippen molar-refractivity contribution in [3.8, 4) is 0 Å². The fraction of sp³-hybridized carbons (Fsp3) is 0.636. The second-order valence-corrected chi connectivity index (χ2v) is 5.63. The van der Waals surface area contributed by atoms with Gasteiger partial charge in [-0.3, -0.25) is 0 Å². The number of carbonyl (C=O) groups is 1. The largest absolute Gasteiger partial charge is 0.356 e. The van der Waals surface area contributed by atoms with Crippen LogP contribution in [0.2, 0.25) is 5.28 Å². The summed E-state index contributed by atoms with van der Waals surface area (Å²) < 4.78 is 2.50. The summed E-state index contributed by atoms with van der Waals surface area (Å²) in [6.07, 6.45) is 6.07. The molecule has 0 atom stereocenters. The molecular formula is C11H15BrClN3O. The van der Waals surface area contributed by atoms with Crippen LogP contribution < -0.4 is 5.32 Å². The van der Waals surface area contributed by atoms with Gasteiger partial charge in [0.15, 0.2) is 5.82 Å².